The first-order valence-electron chi connectivity index (χ1n) is 5.56. The van der Waals surface area contributed by atoms with E-state index in [2.05, 4.69) is 15.3 Å². The van der Waals surface area contributed by atoms with Crippen LogP contribution in [0, 0.1) is 19.7 Å². The Bertz CT molecular complexity index is 572. The monoisotopic (exact) mass is 247 g/mol. The second-order valence-electron chi connectivity index (χ2n) is 3.91. The smallest absolute Gasteiger partial charge is 0.225 e. The molecule has 0 atom stereocenters. The van der Waals surface area contributed by atoms with Crippen LogP contribution in [0.1, 0.15) is 11.3 Å². The highest BCUT2D eigenvalue weighted by Gasteiger charge is 2.09. The number of nitrogens with one attached hydrogen (secondary N) is 1. The van der Waals surface area contributed by atoms with Crippen molar-refractivity contribution in [3.05, 3.63) is 41.3 Å². The van der Waals surface area contributed by atoms with Gasteiger partial charge in [-0.25, -0.2) is 9.37 Å². The van der Waals surface area contributed by atoms with Crippen LogP contribution >= 0.6 is 0 Å². The van der Waals surface area contributed by atoms with Crippen molar-refractivity contribution < 1.29 is 9.13 Å². The first-order valence-corrected chi connectivity index (χ1v) is 5.56. The summed E-state index contributed by atoms with van der Waals surface area (Å²) in [5.41, 5.74) is 1.28. The van der Waals surface area contributed by atoms with Gasteiger partial charge in [0.05, 0.1) is 0 Å². The molecule has 0 fully saturated rings. The number of benzene rings is 1. The van der Waals surface area contributed by atoms with Gasteiger partial charge in [0.1, 0.15) is 0 Å². The second kappa shape index (κ2) is 5.00. The van der Waals surface area contributed by atoms with Crippen molar-refractivity contribution in [2.24, 2.45) is 0 Å². The van der Waals surface area contributed by atoms with Crippen LogP contribution in [-0.4, -0.2) is 17.0 Å². The van der Waals surface area contributed by atoms with Gasteiger partial charge in [0.25, 0.3) is 0 Å². The van der Waals surface area contributed by atoms with Crippen molar-refractivity contribution in [3.63, 3.8) is 0 Å². The number of nitrogens with zero attached hydrogens (tertiary/aromatic N) is 2. The molecule has 18 heavy (non-hydrogen) atoms. The Labute approximate surface area is 105 Å². The minimum atomic E-state index is -0.375. The Balaban J connectivity index is 2.34. The van der Waals surface area contributed by atoms with E-state index in [1.165, 1.54) is 0 Å². The molecule has 0 unspecified atom stereocenters. The third-order valence-corrected chi connectivity index (χ3v) is 2.43. The van der Waals surface area contributed by atoms with Crippen LogP contribution in [0.3, 0.4) is 0 Å². The molecule has 2 rings (SSSR count). The highest BCUT2D eigenvalue weighted by Crippen LogP contribution is 2.25. The van der Waals surface area contributed by atoms with E-state index in [4.69, 9.17) is 4.74 Å². The van der Waals surface area contributed by atoms with E-state index in [0.29, 0.717) is 17.4 Å². The molecule has 0 saturated heterocycles. The lowest BCUT2D eigenvalue weighted by molar-refractivity contribution is 0.425. The fraction of sp³-hybridized carbons (Fsp3) is 0.231. The topological polar surface area (TPSA) is 47.0 Å². The number of hydrogen-bond donors (Lipinski definition) is 1. The van der Waals surface area contributed by atoms with Gasteiger partial charge in [-0.2, -0.15) is 4.98 Å². The van der Waals surface area contributed by atoms with Crippen LogP contribution in [0.5, 0.6) is 11.6 Å². The van der Waals surface area contributed by atoms with Crippen molar-refractivity contribution in [2.75, 3.05) is 12.4 Å². The normalized spacial score (nSPS) is 10.2. The maximum atomic E-state index is 13.8. The Kier molecular flexibility index (Phi) is 3.41. The minimum Gasteiger partial charge on any atom is -0.436 e. The summed E-state index contributed by atoms with van der Waals surface area (Å²) < 4.78 is 19.2. The SMILES string of the molecule is CNc1nc(C)cc(Oc2cccc(C)c2F)n1. The summed E-state index contributed by atoms with van der Waals surface area (Å²) in [5.74, 6) is 0.546. The summed E-state index contributed by atoms with van der Waals surface area (Å²) in [6.07, 6.45) is 0. The largest absolute Gasteiger partial charge is 0.436 e. The quantitative estimate of drug-likeness (QED) is 0.905. The first kappa shape index (κ1) is 12.3. The Morgan fingerprint density at radius 1 is 1.22 bits per heavy atom. The van der Waals surface area contributed by atoms with Crippen molar-refractivity contribution in [1.29, 1.82) is 0 Å². The molecule has 94 valence electrons. The summed E-state index contributed by atoms with van der Waals surface area (Å²) in [5, 5.41) is 2.82. The zero-order valence-corrected chi connectivity index (χ0v) is 10.5. The molecule has 4 nitrogen and oxygen atoms in total. The van der Waals surface area contributed by atoms with E-state index in [-0.39, 0.29) is 11.6 Å². The Hall–Kier alpha value is -2.17. The molecule has 0 amide bonds. The van der Waals surface area contributed by atoms with Crippen molar-refractivity contribution in [2.45, 2.75) is 13.8 Å². The van der Waals surface area contributed by atoms with Gasteiger partial charge in [-0.1, -0.05) is 12.1 Å². The predicted octanol–water partition coefficient (Wildman–Crippen LogP) is 3.07. The van der Waals surface area contributed by atoms with Gasteiger partial charge in [-0.05, 0) is 25.5 Å². The predicted molar refractivity (Wildman–Crippen MR) is 67.5 cm³/mol. The Morgan fingerprint density at radius 3 is 2.72 bits per heavy atom. The molecule has 1 N–H and O–H groups in total. The van der Waals surface area contributed by atoms with E-state index >= 15 is 0 Å². The molecule has 0 spiro atoms. The number of rotatable bonds is 3. The zero-order chi connectivity index (χ0) is 13.1. The van der Waals surface area contributed by atoms with E-state index in [1.54, 1.807) is 38.2 Å². The maximum Gasteiger partial charge on any atom is 0.225 e. The number of ether oxygens (including phenoxy) is 1. The average Bonchev–Trinajstić information content (AvgIpc) is 2.34. The molecule has 1 aromatic carbocycles. The van der Waals surface area contributed by atoms with Crippen LogP contribution in [-0.2, 0) is 0 Å². The summed E-state index contributed by atoms with van der Waals surface area (Å²) in [6.45, 7) is 3.51. The molecular formula is C13H14FN3O. The molecule has 2 aromatic rings. The minimum absolute atomic E-state index is 0.162. The van der Waals surface area contributed by atoms with Gasteiger partial charge >= 0.3 is 0 Å². The van der Waals surface area contributed by atoms with Gasteiger partial charge < -0.3 is 10.1 Å². The molecule has 0 aliphatic heterocycles. The fourth-order valence-electron chi connectivity index (χ4n) is 1.52. The van der Waals surface area contributed by atoms with Crippen LogP contribution in [0.25, 0.3) is 0 Å². The molecule has 0 saturated carbocycles. The van der Waals surface area contributed by atoms with Crippen LogP contribution in [0.2, 0.25) is 0 Å². The summed E-state index contributed by atoms with van der Waals surface area (Å²) in [6, 6.07) is 6.65. The number of halogens is 1. The lowest BCUT2D eigenvalue weighted by atomic mass is 10.2. The Morgan fingerprint density at radius 2 is 2.00 bits per heavy atom. The van der Waals surface area contributed by atoms with Gasteiger partial charge in [0.2, 0.25) is 11.8 Å². The molecule has 0 aliphatic rings. The average molecular weight is 247 g/mol. The van der Waals surface area contributed by atoms with Crippen LogP contribution in [0.4, 0.5) is 10.3 Å². The maximum absolute atomic E-state index is 13.8. The van der Waals surface area contributed by atoms with E-state index in [9.17, 15) is 4.39 Å². The highest BCUT2D eigenvalue weighted by atomic mass is 19.1. The summed E-state index contributed by atoms with van der Waals surface area (Å²) in [7, 11) is 1.71. The standard InChI is InChI=1S/C13H14FN3O/c1-8-5-4-6-10(12(8)14)18-11-7-9(2)16-13(15-3)17-11/h4-7H,1-3H3,(H,15,16,17). The molecule has 1 heterocycles. The van der Waals surface area contributed by atoms with Gasteiger partial charge in [0, 0.05) is 18.8 Å². The summed E-state index contributed by atoms with van der Waals surface area (Å²) >= 11 is 0. The van der Waals surface area contributed by atoms with Crippen molar-refractivity contribution in [3.8, 4) is 11.6 Å². The first-order chi connectivity index (χ1) is 8.60. The number of aromatic nitrogens is 2. The number of anilines is 1. The molecule has 1 aromatic heterocycles. The number of aryl methyl sites for hydroxylation is 2. The van der Waals surface area contributed by atoms with Crippen LogP contribution < -0.4 is 10.1 Å². The third kappa shape index (κ3) is 2.56. The number of hydrogen-bond acceptors (Lipinski definition) is 4. The van der Waals surface area contributed by atoms with E-state index in [1.807, 2.05) is 6.92 Å². The van der Waals surface area contributed by atoms with Crippen molar-refractivity contribution in [1.82, 2.24) is 9.97 Å². The van der Waals surface area contributed by atoms with E-state index < -0.39 is 0 Å². The van der Waals surface area contributed by atoms with E-state index in [0.717, 1.165) is 5.69 Å². The molecular weight excluding hydrogens is 233 g/mol. The van der Waals surface area contributed by atoms with Crippen molar-refractivity contribution >= 4 is 5.95 Å². The zero-order valence-electron chi connectivity index (χ0n) is 10.5. The molecule has 5 heteroatoms. The molecule has 0 aliphatic carbocycles. The summed E-state index contributed by atoms with van der Waals surface area (Å²) in [4.78, 5) is 8.24. The lowest BCUT2D eigenvalue weighted by Crippen LogP contribution is -2.00. The lowest BCUT2D eigenvalue weighted by Gasteiger charge is -2.09. The van der Waals surface area contributed by atoms with Gasteiger partial charge in [-0.3, -0.25) is 0 Å². The van der Waals surface area contributed by atoms with Gasteiger partial charge in [0.15, 0.2) is 11.6 Å². The molecule has 0 bridgehead atoms. The second-order valence-corrected chi connectivity index (χ2v) is 3.91. The molecule has 0 radical (unpaired) electrons. The van der Waals surface area contributed by atoms with Gasteiger partial charge in [-0.15, -0.1) is 0 Å². The fourth-order valence-corrected chi connectivity index (χ4v) is 1.52. The highest BCUT2D eigenvalue weighted by molar-refractivity contribution is 5.35. The third-order valence-electron chi connectivity index (χ3n) is 2.43. The van der Waals surface area contributed by atoms with Crippen LogP contribution in [0.15, 0.2) is 24.3 Å².